The van der Waals surface area contributed by atoms with Crippen molar-refractivity contribution < 1.29 is 10.2 Å². The largest absolute Gasteiger partial charge is 0.508 e. The van der Waals surface area contributed by atoms with Gasteiger partial charge in [0.2, 0.25) is 0 Å². The van der Waals surface area contributed by atoms with Crippen LogP contribution in [0.15, 0.2) is 36.9 Å². The highest BCUT2D eigenvalue weighted by Crippen LogP contribution is 2.43. The molecular weight excluding hydrogens is 188 g/mol. The van der Waals surface area contributed by atoms with Crippen LogP contribution in [0.25, 0.3) is 0 Å². The van der Waals surface area contributed by atoms with Crippen LogP contribution >= 0.6 is 0 Å². The zero-order chi connectivity index (χ0) is 11.7. The first-order valence-electron chi connectivity index (χ1n) is 4.97. The van der Waals surface area contributed by atoms with Crippen molar-refractivity contribution in [1.82, 2.24) is 0 Å². The summed E-state index contributed by atoms with van der Waals surface area (Å²) in [5, 5.41) is 20.2. The van der Waals surface area contributed by atoms with Crippen molar-refractivity contribution in [3.05, 3.63) is 42.5 Å². The monoisotopic (exact) mass is 206 g/mol. The summed E-state index contributed by atoms with van der Waals surface area (Å²) in [6, 6.07) is 6.82. The van der Waals surface area contributed by atoms with Crippen LogP contribution in [0.3, 0.4) is 0 Å². The van der Waals surface area contributed by atoms with E-state index in [4.69, 9.17) is 0 Å². The van der Waals surface area contributed by atoms with Crippen molar-refractivity contribution >= 4 is 0 Å². The van der Waals surface area contributed by atoms with Gasteiger partial charge in [-0.05, 0) is 13.0 Å². The molecule has 0 radical (unpaired) electrons. The molecule has 1 unspecified atom stereocenters. The van der Waals surface area contributed by atoms with Crippen molar-refractivity contribution in [1.29, 1.82) is 0 Å². The molecule has 2 N–H and O–H groups in total. The van der Waals surface area contributed by atoms with Crippen molar-refractivity contribution in [3.8, 4) is 5.75 Å². The molecule has 0 saturated carbocycles. The lowest BCUT2D eigenvalue weighted by atomic mass is 9.72. The molecule has 15 heavy (non-hydrogen) atoms. The number of hydrogen-bond acceptors (Lipinski definition) is 2. The van der Waals surface area contributed by atoms with Gasteiger partial charge >= 0.3 is 0 Å². The van der Waals surface area contributed by atoms with E-state index in [1.807, 2.05) is 13.8 Å². The normalized spacial score (nSPS) is 15.7. The zero-order valence-electron chi connectivity index (χ0n) is 9.49. The molecule has 0 spiro atoms. The standard InChI is InChI=1S/C13H18O2/c1-5-12(2,3)13(4,15)10-8-6-7-9-11(10)14/h5-9,14-15H,1H2,2-4H3. The Hall–Kier alpha value is -1.28. The highest BCUT2D eigenvalue weighted by atomic mass is 16.3. The minimum absolute atomic E-state index is 0.109. The molecule has 0 heterocycles. The lowest BCUT2D eigenvalue weighted by Crippen LogP contribution is -2.37. The van der Waals surface area contributed by atoms with Gasteiger partial charge < -0.3 is 10.2 Å². The van der Waals surface area contributed by atoms with Crippen LogP contribution in [-0.4, -0.2) is 10.2 Å². The van der Waals surface area contributed by atoms with Gasteiger partial charge in [0, 0.05) is 11.0 Å². The van der Waals surface area contributed by atoms with Gasteiger partial charge in [0.1, 0.15) is 5.75 Å². The maximum atomic E-state index is 10.5. The highest BCUT2D eigenvalue weighted by Gasteiger charge is 2.39. The Morgan fingerprint density at radius 3 is 2.20 bits per heavy atom. The van der Waals surface area contributed by atoms with Crippen molar-refractivity contribution in [2.24, 2.45) is 5.41 Å². The Kier molecular flexibility index (Phi) is 2.91. The summed E-state index contributed by atoms with van der Waals surface area (Å²) in [6.45, 7) is 9.16. The molecule has 0 aliphatic rings. The Labute approximate surface area is 90.9 Å². The zero-order valence-corrected chi connectivity index (χ0v) is 9.49. The van der Waals surface area contributed by atoms with Crippen LogP contribution in [0.2, 0.25) is 0 Å². The van der Waals surface area contributed by atoms with Gasteiger partial charge in [0.05, 0.1) is 5.60 Å². The maximum absolute atomic E-state index is 10.5. The molecule has 1 atom stereocenters. The number of hydrogen-bond donors (Lipinski definition) is 2. The van der Waals surface area contributed by atoms with E-state index in [2.05, 4.69) is 6.58 Å². The highest BCUT2D eigenvalue weighted by molar-refractivity contribution is 5.38. The minimum Gasteiger partial charge on any atom is -0.508 e. The first-order valence-corrected chi connectivity index (χ1v) is 4.97. The number of para-hydroxylation sites is 1. The van der Waals surface area contributed by atoms with Gasteiger partial charge in [0.25, 0.3) is 0 Å². The number of phenols is 1. The fraction of sp³-hybridized carbons (Fsp3) is 0.385. The first-order chi connectivity index (χ1) is 6.83. The van der Waals surface area contributed by atoms with Gasteiger partial charge in [-0.3, -0.25) is 0 Å². The molecule has 0 aliphatic carbocycles. The van der Waals surface area contributed by atoms with Crippen LogP contribution in [0, 0.1) is 5.41 Å². The van der Waals surface area contributed by atoms with E-state index in [0.29, 0.717) is 5.56 Å². The van der Waals surface area contributed by atoms with E-state index in [0.717, 1.165) is 0 Å². The summed E-state index contributed by atoms with van der Waals surface area (Å²) in [5.74, 6) is 0.109. The van der Waals surface area contributed by atoms with E-state index < -0.39 is 11.0 Å². The second kappa shape index (κ2) is 3.70. The third-order valence-corrected chi connectivity index (χ3v) is 3.19. The molecule has 0 aromatic heterocycles. The predicted molar refractivity (Wildman–Crippen MR) is 61.7 cm³/mol. The quantitative estimate of drug-likeness (QED) is 0.746. The SMILES string of the molecule is C=CC(C)(C)C(C)(O)c1ccccc1O. The third-order valence-electron chi connectivity index (χ3n) is 3.19. The lowest BCUT2D eigenvalue weighted by molar-refractivity contribution is -0.0323. The number of rotatable bonds is 3. The summed E-state index contributed by atoms with van der Waals surface area (Å²) in [4.78, 5) is 0. The van der Waals surface area contributed by atoms with Gasteiger partial charge in [-0.2, -0.15) is 0 Å². The molecule has 1 aromatic carbocycles. The molecule has 0 aliphatic heterocycles. The van der Waals surface area contributed by atoms with Gasteiger partial charge in [-0.1, -0.05) is 38.1 Å². The Balaban J connectivity index is 3.28. The second-order valence-electron chi connectivity index (χ2n) is 4.52. The molecule has 1 rings (SSSR count). The van der Waals surface area contributed by atoms with Gasteiger partial charge in [0.15, 0.2) is 0 Å². The molecule has 2 nitrogen and oxygen atoms in total. The average molecular weight is 206 g/mol. The number of phenolic OH excluding ortho intramolecular Hbond substituents is 1. The summed E-state index contributed by atoms with van der Waals surface area (Å²) >= 11 is 0. The molecule has 0 saturated heterocycles. The fourth-order valence-corrected chi connectivity index (χ4v) is 1.43. The van der Waals surface area contributed by atoms with E-state index >= 15 is 0 Å². The molecule has 0 amide bonds. The van der Waals surface area contributed by atoms with Crippen molar-refractivity contribution in [2.45, 2.75) is 26.4 Å². The Morgan fingerprint density at radius 1 is 1.20 bits per heavy atom. The van der Waals surface area contributed by atoms with Gasteiger partial charge in [-0.25, -0.2) is 0 Å². The van der Waals surface area contributed by atoms with E-state index in [9.17, 15) is 10.2 Å². The van der Waals surface area contributed by atoms with Crippen LogP contribution in [-0.2, 0) is 5.60 Å². The number of aromatic hydroxyl groups is 1. The summed E-state index contributed by atoms with van der Waals surface area (Å²) in [5.41, 5.74) is -1.12. The smallest absolute Gasteiger partial charge is 0.121 e. The minimum atomic E-state index is -1.14. The molecule has 0 bridgehead atoms. The average Bonchev–Trinajstić information content (AvgIpc) is 2.18. The summed E-state index contributed by atoms with van der Waals surface area (Å²) in [6.07, 6.45) is 1.69. The summed E-state index contributed by atoms with van der Waals surface area (Å²) in [7, 11) is 0. The van der Waals surface area contributed by atoms with Crippen LogP contribution < -0.4 is 0 Å². The predicted octanol–water partition coefficient (Wildman–Crippen LogP) is 2.81. The lowest BCUT2D eigenvalue weighted by Gasteiger charge is -2.38. The number of aliphatic hydroxyl groups is 1. The third kappa shape index (κ3) is 1.90. The van der Waals surface area contributed by atoms with Crippen LogP contribution in [0.1, 0.15) is 26.3 Å². The molecule has 1 aromatic rings. The van der Waals surface area contributed by atoms with E-state index in [-0.39, 0.29) is 5.75 Å². The van der Waals surface area contributed by atoms with Gasteiger partial charge in [-0.15, -0.1) is 6.58 Å². The van der Waals surface area contributed by atoms with Crippen molar-refractivity contribution in [3.63, 3.8) is 0 Å². The molecule has 82 valence electrons. The maximum Gasteiger partial charge on any atom is 0.121 e. The van der Waals surface area contributed by atoms with E-state index in [1.54, 1.807) is 37.3 Å². The Bertz CT molecular complexity index is 365. The van der Waals surface area contributed by atoms with Crippen LogP contribution in [0.5, 0.6) is 5.75 Å². The first kappa shape index (κ1) is 11.8. The summed E-state index contributed by atoms with van der Waals surface area (Å²) < 4.78 is 0. The molecule has 2 heteroatoms. The molecular formula is C13H18O2. The Morgan fingerprint density at radius 2 is 1.73 bits per heavy atom. The second-order valence-corrected chi connectivity index (χ2v) is 4.52. The molecule has 0 fully saturated rings. The van der Waals surface area contributed by atoms with Crippen LogP contribution in [0.4, 0.5) is 0 Å². The topological polar surface area (TPSA) is 40.5 Å². The van der Waals surface area contributed by atoms with E-state index in [1.165, 1.54) is 0 Å². The fourth-order valence-electron chi connectivity index (χ4n) is 1.43. The van der Waals surface area contributed by atoms with Crippen molar-refractivity contribution in [2.75, 3.05) is 0 Å². The number of benzene rings is 1.